The molecule has 0 atom stereocenters. The number of hydrogen-bond acceptors (Lipinski definition) is 6. The molecule has 1 aliphatic carbocycles. The Morgan fingerprint density at radius 3 is 2.74 bits per heavy atom. The lowest BCUT2D eigenvalue weighted by molar-refractivity contribution is -0.146. The smallest absolute Gasteiger partial charge is 0.323 e. The summed E-state index contributed by atoms with van der Waals surface area (Å²) >= 11 is 6.39. The molecule has 0 spiro atoms. The molecular weight excluding hydrogens is 460 g/mol. The fourth-order valence-electron chi connectivity index (χ4n) is 4.81. The molecule has 4 rings (SSSR count). The maximum absolute atomic E-state index is 12.7. The molecule has 0 bridgehead atoms. The Labute approximate surface area is 204 Å². The molecule has 1 saturated carbocycles. The minimum Gasteiger partial charge on any atom is -0.492 e. The Balaban J connectivity index is 1.22. The summed E-state index contributed by atoms with van der Waals surface area (Å²) in [5.74, 6) is 0.00380. The molecule has 0 aromatic heterocycles. The number of aliphatic carboxylic acids is 1. The van der Waals surface area contributed by atoms with Crippen molar-refractivity contribution >= 4 is 41.0 Å². The van der Waals surface area contributed by atoms with E-state index in [4.69, 9.17) is 16.3 Å². The molecule has 1 aromatic carbocycles. The van der Waals surface area contributed by atoms with Gasteiger partial charge in [-0.1, -0.05) is 30.9 Å². The number of hydrogen-bond donors (Lipinski definition) is 2. The van der Waals surface area contributed by atoms with E-state index in [9.17, 15) is 19.5 Å². The second-order valence-corrected chi connectivity index (χ2v) is 9.52. The van der Waals surface area contributed by atoms with Crippen molar-refractivity contribution in [1.29, 1.82) is 0 Å². The molecule has 2 N–H and O–H groups in total. The topological polar surface area (TPSA) is 112 Å². The van der Waals surface area contributed by atoms with E-state index in [1.807, 2.05) is 11.0 Å². The molecule has 2 amide bonds. The summed E-state index contributed by atoms with van der Waals surface area (Å²) in [7, 11) is 0. The Bertz CT molecular complexity index is 976. The van der Waals surface area contributed by atoms with Crippen LogP contribution in [0.2, 0.25) is 5.02 Å². The number of carbonyl (C=O) groups is 3. The average Bonchev–Trinajstić information content (AvgIpc) is 3.17. The number of ether oxygens (including phenoxy) is 1. The Morgan fingerprint density at radius 1 is 1.18 bits per heavy atom. The monoisotopic (exact) mass is 490 g/mol. The van der Waals surface area contributed by atoms with Crippen LogP contribution in [0.25, 0.3) is 0 Å². The summed E-state index contributed by atoms with van der Waals surface area (Å²) in [6.07, 6.45) is 7.63. The first-order valence-electron chi connectivity index (χ1n) is 12.0. The molecule has 1 saturated heterocycles. The van der Waals surface area contributed by atoms with E-state index >= 15 is 0 Å². The van der Waals surface area contributed by atoms with Gasteiger partial charge in [0.05, 0.1) is 17.3 Å². The number of fused-ring (bicyclic) bond motifs is 2. The second kappa shape index (κ2) is 11.1. The average molecular weight is 491 g/mol. The third-order valence-corrected chi connectivity index (χ3v) is 6.84. The van der Waals surface area contributed by atoms with Gasteiger partial charge in [-0.3, -0.25) is 19.7 Å². The first-order valence-corrected chi connectivity index (χ1v) is 12.4. The number of carboxylic acid groups (broad SMARTS) is 1. The van der Waals surface area contributed by atoms with Gasteiger partial charge in [0.2, 0.25) is 17.8 Å². The van der Waals surface area contributed by atoms with Crippen molar-refractivity contribution < 1.29 is 24.2 Å². The summed E-state index contributed by atoms with van der Waals surface area (Å²) in [6, 6.07) is 3.68. The Hall–Kier alpha value is -2.81. The molecule has 0 radical (unpaired) electrons. The van der Waals surface area contributed by atoms with Crippen LogP contribution < -0.4 is 10.1 Å². The molecule has 34 heavy (non-hydrogen) atoms. The van der Waals surface area contributed by atoms with Gasteiger partial charge in [0, 0.05) is 25.1 Å². The van der Waals surface area contributed by atoms with Gasteiger partial charge in [0.15, 0.2) is 0 Å². The molecule has 1 aromatic rings. The van der Waals surface area contributed by atoms with Crippen molar-refractivity contribution in [2.45, 2.75) is 70.4 Å². The molecular formula is C24H31ClN4O5. The highest BCUT2D eigenvalue weighted by atomic mass is 35.5. The third-order valence-electron chi connectivity index (χ3n) is 6.54. The van der Waals surface area contributed by atoms with Gasteiger partial charge in [-0.15, -0.1) is 0 Å². The number of rotatable bonds is 10. The zero-order chi connectivity index (χ0) is 24.1. The summed E-state index contributed by atoms with van der Waals surface area (Å²) in [5, 5.41) is 12.5. The molecule has 3 aliphatic rings. The largest absolute Gasteiger partial charge is 0.492 e. The van der Waals surface area contributed by atoms with Gasteiger partial charge in [0.1, 0.15) is 18.8 Å². The zero-order valence-electron chi connectivity index (χ0n) is 19.2. The number of carbonyl (C=O) groups excluding carboxylic acids is 2. The number of nitrogens with one attached hydrogen (secondary N) is 1. The van der Waals surface area contributed by atoms with Crippen molar-refractivity contribution in [2.24, 2.45) is 4.99 Å². The van der Waals surface area contributed by atoms with Crippen LogP contribution in [0, 0.1) is 0 Å². The number of unbranched alkanes of at least 4 members (excludes halogenated alkanes) is 2. The Morgan fingerprint density at radius 2 is 1.97 bits per heavy atom. The van der Waals surface area contributed by atoms with Crippen molar-refractivity contribution in [3.63, 3.8) is 0 Å². The quantitative estimate of drug-likeness (QED) is 0.486. The fourth-order valence-corrected chi connectivity index (χ4v) is 5.05. The van der Waals surface area contributed by atoms with Crippen molar-refractivity contribution in [2.75, 3.05) is 19.7 Å². The van der Waals surface area contributed by atoms with Crippen LogP contribution in [0.1, 0.15) is 63.4 Å². The lowest BCUT2D eigenvalue weighted by atomic mass is 9.94. The molecule has 2 fully saturated rings. The predicted octanol–water partition coefficient (Wildman–Crippen LogP) is 3.46. The molecule has 2 heterocycles. The van der Waals surface area contributed by atoms with Crippen LogP contribution in [-0.2, 0) is 20.9 Å². The highest BCUT2D eigenvalue weighted by molar-refractivity contribution is 6.32. The van der Waals surface area contributed by atoms with Crippen LogP contribution in [-0.4, -0.2) is 64.4 Å². The van der Waals surface area contributed by atoms with Crippen LogP contribution >= 0.6 is 11.6 Å². The van der Waals surface area contributed by atoms with E-state index in [2.05, 4.69) is 10.3 Å². The number of amides is 2. The predicted molar refractivity (Wildman–Crippen MR) is 127 cm³/mol. The maximum Gasteiger partial charge on any atom is 0.323 e. The molecule has 184 valence electrons. The number of halogens is 1. The number of nitrogens with zero attached hydrogens (tertiary/aromatic N) is 3. The van der Waals surface area contributed by atoms with Gasteiger partial charge in [-0.05, 0) is 43.7 Å². The fraction of sp³-hybridized carbons (Fsp3) is 0.583. The summed E-state index contributed by atoms with van der Waals surface area (Å²) in [4.78, 5) is 43.5. The highest BCUT2D eigenvalue weighted by Crippen LogP contribution is 2.36. The van der Waals surface area contributed by atoms with Crippen LogP contribution in [0.3, 0.4) is 0 Å². The standard InChI is InChI=1S/C24H31ClN4O5/c25-18-11-16-13-28-14-21(30)27-24(28)26-19(16)12-20(18)34-10-6-2-5-9-22(31)29(15-23(32)33)17-7-3-1-4-8-17/h11-12,17H,1-10,13-15H2,(H,32,33)(H,26,27,30). The van der Waals surface area contributed by atoms with Gasteiger partial charge < -0.3 is 19.6 Å². The van der Waals surface area contributed by atoms with Gasteiger partial charge in [-0.2, -0.15) is 0 Å². The summed E-state index contributed by atoms with van der Waals surface area (Å²) in [6.45, 7) is 1.11. The molecule has 2 aliphatic heterocycles. The first-order chi connectivity index (χ1) is 16.4. The number of guanidine groups is 1. The van der Waals surface area contributed by atoms with Crippen LogP contribution in [0.15, 0.2) is 17.1 Å². The van der Waals surface area contributed by atoms with E-state index in [0.717, 1.165) is 56.2 Å². The minimum atomic E-state index is -0.956. The second-order valence-electron chi connectivity index (χ2n) is 9.12. The van der Waals surface area contributed by atoms with Gasteiger partial charge in [-0.25, -0.2) is 4.99 Å². The van der Waals surface area contributed by atoms with E-state index in [1.54, 1.807) is 11.0 Å². The van der Waals surface area contributed by atoms with Crippen molar-refractivity contribution in [3.05, 3.63) is 22.7 Å². The number of carboxylic acids is 1. The zero-order valence-corrected chi connectivity index (χ0v) is 20.0. The first kappa shape index (κ1) is 24.3. The highest BCUT2D eigenvalue weighted by Gasteiger charge is 2.30. The normalized spacial score (nSPS) is 17.5. The maximum atomic E-state index is 12.7. The van der Waals surface area contributed by atoms with Gasteiger partial charge >= 0.3 is 5.97 Å². The number of aliphatic imine (C=N–C) groups is 1. The molecule has 0 unspecified atom stereocenters. The summed E-state index contributed by atoms with van der Waals surface area (Å²) < 4.78 is 5.86. The van der Waals surface area contributed by atoms with E-state index in [-0.39, 0.29) is 24.4 Å². The van der Waals surface area contributed by atoms with Crippen LogP contribution in [0.4, 0.5) is 5.69 Å². The molecule has 10 heteroatoms. The third kappa shape index (κ3) is 6.00. The van der Waals surface area contributed by atoms with E-state index in [0.29, 0.717) is 49.3 Å². The van der Waals surface area contributed by atoms with Crippen molar-refractivity contribution in [1.82, 2.24) is 15.1 Å². The molecule has 9 nitrogen and oxygen atoms in total. The minimum absolute atomic E-state index is 0.0556. The van der Waals surface area contributed by atoms with E-state index < -0.39 is 5.97 Å². The SMILES string of the molecule is O=C(O)CN(C(=O)CCCCCOc1cc2c(cc1Cl)CN1CC(=O)NC1=N2)C1CCCCC1. The lowest BCUT2D eigenvalue weighted by Gasteiger charge is -2.33. The van der Waals surface area contributed by atoms with Crippen LogP contribution in [0.5, 0.6) is 5.75 Å². The van der Waals surface area contributed by atoms with Gasteiger partial charge in [0.25, 0.3) is 0 Å². The lowest BCUT2D eigenvalue weighted by Crippen LogP contribution is -2.44. The van der Waals surface area contributed by atoms with Crippen molar-refractivity contribution in [3.8, 4) is 5.75 Å². The summed E-state index contributed by atoms with van der Waals surface area (Å²) in [5.41, 5.74) is 1.68. The van der Waals surface area contributed by atoms with E-state index in [1.165, 1.54) is 0 Å². The number of benzene rings is 1. The Kier molecular flexibility index (Phi) is 7.92.